The lowest BCUT2D eigenvalue weighted by atomic mass is 9.69. The molecule has 1 N–H and O–H groups in total. The Morgan fingerprint density at radius 2 is 1.10 bits per heavy atom. The van der Waals surface area contributed by atoms with Gasteiger partial charge in [-0.05, 0) is 24.0 Å². The van der Waals surface area contributed by atoms with Crippen molar-refractivity contribution in [3.63, 3.8) is 0 Å². The molecule has 1 unspecified atom stereocenters. The summed E-state index contributed by atoms with van der Waals surface area (Å²) in [7, 11) is 0. The van der Waals surface area contributed by atoms with E-state index in [0.29, 0.717) is 12.0 Å². The van der Waals surface area contributed by atoms with E-state index >= 15 is 0 Å². The molecule has 12 heteroatoms. The number of hydrogen-bond acceptors (Lipinski definition) is 1. The zero-order valence-corrected chi connectivity index (χ0v) is 15.3. The molecule has 0 radical (unpaired) electrons. The van der Waals surface area contributed by atoms with Gasteiger partial charge in [-0.15, -0.1) is 0 Å². The fourth-order valence-electron chi connectivity index (χ4n) is 3.21. The molecule has 0 bridgehead atoms. The Morgan fingerprint density at radius 3 is 1.50 bits per heavy atom. The molecule has 0 aliphatic heterocycles. The van der Waals surface area contributed by atoms with Gasteiger partial charge in [0, 0.05) is 6.42 Å². The highest BCUT2D eigenvalue weighted by molar-refractivity contribution is 5.29. The summed E-state index contributed by atoms with van der Waals surface area (Å²) in [4.78, 5) is 0. The van der Waals surface area contributed by atoms with Crippen LogP contribution in [-0.2, 0) is 6.42 Å². The summed E-state index contributed by atoms with van der Waals surface area (Å²) in [6.07, 6.45) is -3.31. The summed E-state index contributed by atoms with van der Waals surface area (Å²) >= 11 is 0. The number of aryl methyl sites for hydroxylation is 1. The minimum atomic E-state index is -7.26. The van der Waals surface area contributed by atoms with E-state index < -0.39 is 53.4 Å². The maximum absolute atomic E-state index is 14.7. The Morgan fingerprint density at radius 1 is 0.700 bits per heavy atom. The number of halogens is 11. The molecular weight excluding hydrogens is 441 g/mol. The van der Waals surface area contributed by atoms with Gasteiger partial charge in [0.2, 0.25) is 0 Å². The maximum atomic E-state index is 14.7. The molecule has 0 spiro atoms. The molecule has 1 aliphatic carbocycles. The van der Waals surface area contributed by atoms with Crippen molar-refractivity contribution in [3.8, 4) is 0 Å². The summed E-state index contributed by atoms with van der Waals surface area (Å²) in [6, 6.07) is 4.55. The zero-order valence-electron chi connectivity index (χ0n) is 15.3. The minimum absolute atomic E-state index is 0.525. The third-order valence-electron chi connectivity index (χ3n) is 5.23. The molecular formula is C18H17F11O. The topological polar surface area (TPSA) is 20.2 Å². The van der Waals surface area contributed by atoms with Crippen LogP contribution in [0.1, 0.15) is 43.4 Å². The molecule has 1 fully saturated rings. The summed E-state index contributed by atoms with van der Waals surface area (Å²) in [5.41, 5.74) is -6.06. The molecule has 1 aromatic carbocycles. The van der Waals surface area contributed by atoms with E-state index in [1.54, 1.807) is 0 Å². The van der Waals surface area contributed by atoms with Gasteiger partial charge in [-0.3, -0.25) is 0 Å². The third-order valence-corrected chi connectivity index (χ3v) is 5.23. The molecule has 30 heavy (non-hydrogen) atoms. The third kappa shape index (κ3) is 3.00. The molecule has 1 saturated carbocycles. The number of alkyl halides is 11. The van der Waals surface area contributed by atoms with Crippen molar-refractivity contribution in [3.05, 3.63) is 35.4 Å². The Bertz CT molecular complexity index is 728. The molecule has 1 aromatic rings. The van der Waals surface area contributed by atoms with Crippen LogP contribution in [0.15, 0.2) is 24.3 Å². The van der Waals surface area contributed by atoms with E-state index in [9.17, 15) is 53.4 Å². The lowest BCUT2D eigenvalue weighted by Crippen LogP contribution is -2.83. The summed E-state index contributed by atoms with van der Waals surface area (Å²) in [6.45, 7) is 1.87. The van der Waals surface area contributed by atoms with Crippen molar-refractivity contribution in [2.75, 3.05) is 0 Å². The molecule has 0 saturated heterocycles. The summed E-state index contributed by atoms with van der Waals surface area (Å²) < 4.78 is 151. The number of rotatable bonds is 6. The van der Waals surface area contributed by atoms with Crippen molar-refractivity contribution in [2.24, 2.45) is 0 Å². The van der Waals surface area contributed by atoms with E-state index in [1.807, 2.05) is 6.92 Å². The molecule has 172 valence electrons. The Hall–Kier alpha value is -1.59. The van der Waals surface area contributed by atoms with Crippen LogP contribution < -0.4 is 0 Å². The van der Waals surface area contributed by atoms with Crippen LogP contribution in [0.2, 0.25) is 0 Å². The Labute approximate surface area is 163 Å². The van der Waals surface area contributed by atoms with Crippen molar-refractivity contribution in [2.45, 2.75) is 74.0 Å². The number of unbranched alkanes of at least 4 members (excludes halogenated alkanes) is 1. The van der Waals surface area contributed by atoms with Crippen molar-refractivity contribution < 1.29 is 53.4 Å². The molecule has 1 aliphatic rings. The fraction of sp³-hybridized carbons (Fsp3) is 0.667. The predicted molar refractivity (Wildman–Crippen MR) is 83.2 cm³/mol. The largest absolute Gasteiger partial charge is 0.388 e. The fourth-order valence-corrected chi connectivity index (χ4v) is 3.21. The quantitative estimate of drug-likeness (QED) is 0.493. The van der Waals surface area contributed by atoms with Gasteiger partial charge in [0.15, 0.2) is 0 Å². The van der Waals surface area contributed by atoms with Gasteiger partial charge >= 0.3 is 29.6 Å². The zero-order chi connectivity index (χ0) is 23.4. The van der Waals surface area contributed by atoms with Gasteiger partial charge < -0.3 is 5.11 Å². The first-order valence-corrected chi connectivity index (χ1v) is 8.77. The summed E-state index contributed by atoms with van der Waals surface area (Å²) in [5, 5.41) is 9.86. The maximum Gasteiger partial charge on any atom is 0.384 e. The van der Waals surface area contributed by atoms with Crippen LogP contribution in [-0.4, -0.2) is 40.4 Å². The molecule has 0 amide bonds. The van der Waals surface area contributed by atoms with Gasteiger partial charge in [0.1, 0.15) is 0 Å². The Balaban J connectivity index is 2.47. The van der Waals surface area contributed by atoms with E-state index in [-0.39, 0.29) is 0 Å². The van der Waals surface area contributed by atoms with E-state index in [1.165, 1.54) is 12.1 Å². The van der Waals surface area contributed by atoms with Gasteiger partial charge in [-0.2, -0.15) is 43.9 Å². The summed E-state index contributed by atoms with van der Waals surface area (Å²) in [5.74, 6) is -35.4. The SMILES string of the molecule is CCCCc1ccc(C(O)CC2(F)C(F)(F)C(F)(F)C(F)(F)C(F)(F)C2(F)F)cc1. The number of benzene rings is 1. The highest BCUT2D eigenvalue weighted by atomic mass is 19.4. The van der Waals surface area contributed by atoms with E-state index in [0.717, 1.165) is 25.0 Å². The number of aliphatic hydroxyl groups excluding tert-OH is 1. The second-order valence-corrected chi connectivity index (χ2v) is 7.24. The lowest BCUT2D eigenvalue weighted by Gasteiger charge is -2.52. The van der Waals surface area contributed by atoms with Crippen molar-refractivity contribution >= 4 is 0 Å². The normalized spacial score (nSPS) is 26.2. The minimum Gasteiger partial charge on any atom is -0.388 e. The molecule has 0 aromatic heterocycles. The monoisotopic (exact) mass is 458 g/mol. The van der Waals surface area contributed by atoms with E-state index in [4.69, 9.17) is 0 Å². The average molecular weight is 458 g/mol. The van der Waals surface area contributed by atoms with Crippen LogP contribution in [0.25, 0.3) is 0 Å². The smallest absolute Gasteiger partial charge is 0.384 e. The molecule has 0 heterocycles. The van der Waals surface area contributed by atoms with Crippen LogP contribution >= 0.6 is 0 Å². The number of hydrogen-bond donors (Lipinski definition) is 1. The first-order valence-electron chi connectivity index (χ1n) is 8.77. The van der Waals surface area contributed by atoms with Crippen LogP contribution in [0.3, 0.4) is 0 Å². The second kappa shape index (κ2) is 7.23. The van der Waals surface area contributed by atoms with Crippen LogP contribution in [0, 0.1) is 0 Å². The van der Waals surface area contributed by atoms with Crippen LogP contribution in [0.5, 0.6) is 0 Å². The first-order chi connectivity index (χ1) is 13.4. The lowest BCUT2D eigenvalue weighted by molar-refractivity contribution is -0.487. The highest BCUT2D eigenvalue weighted by Gasteiger charge is 3.00. The Kier molecular flexibility index (Phi) is 5.95. The van der Waals surface area contributed by atoms with Gasteiger partial charge in [0.25, 0.3) is 5.67 Å². The second-order valence-electron chi connectivity index (χ2n) is 7.24. The van der Waals surface area contributed by atoms with Gasteiger partial charge in [0.05, 0.1) is 6.10 Å². The van der Waals surface area contributed by atoms with Crippen LogP contribution in [0.4, 0.5) is 48.3 Å². The predicted octanol–water partition coefficient (Wildman–Crippen LogP) is 6.35. The van der Waals surface area contributed by atoms with Crippen molar-refractivity contribution in [1.82, 2.24) is 0 Å². The molecule has 1 atom stereocenters. The molecule has 2 rings (SSSR count). The van der Waals surface area contributed by atoms with Crippen molar-refractivity contribution in [1.29, 1.82) is 0 Å². The first kappa shape index (κ1) is 24.7. The van der Waals surface area contributed by atoms with Gasteiger partial charge in [-0.1, -0.05) is 37.6 Å². The molecule has 1 nitrogen and oxygen atoms in total. The average Bonchev–Trinajstić information content (AvgIpc) is 2.64. The highest BCUT2D eigenvalue weighted by Crippen LogP contribution is 2.70. The van der Waals surface area contributed by atoms with E-state index in [2.05, 4.69) is 0 Å². The standard InChI is InChI=1S/C18H17F11O/c1-2-3-4-10-5-7-11(8-6-10)12(30)9-13(19)14(20,21)16(24,25)18(28,29)17(26,27)15(13,22)23/h5-8,12,30H,2-4,9H2,1H3. The van der Waals surface area contributed by atoms with Gasteiger partial charge in [-0.25, -0.2) is 4.39 Å². The number of aliphatic hydroxyl groups is 1.